The number of hydrogen-bond donors (Lipinski definition) is 1. The fourth-order valence-electron chi connectivity index (χ4n) is 1.99. The first-order chi connectivity index (χ1) is 8.22. The minimum atomic E-state index is -0.173. The van der Waals surface area contributed by atoms with Crippen molar-refractivity contribution in [3.63, 3.8) is 0 Å². The van der Waals surface area contributed by atoms with Crippen LogP contribution in [0.25, 0.3) is 11.1 Å². The lowest BCUT2D eigenvalue weighted by Crippen LogP contribution is -2.04. The molecule has 0 aromatic heterocycles. The lowest BCUT2D eigenvalue weighted by Gasteiger charge is -2.08. The van der Waals surface area contributed by atoms with Crippen molar-refractivity contribution < 1.29 is 4.39 Å². The van der Waals surface area contributed by atoms with Gasteiger partial charge in [-0.15, -0.1) is 0 Å². The van der Waals surface area contributed by atoms with Gasteiger partial charge in [-0.25, -0.2) is 4.39 Å². The van der Waals surface area contributed by atoms with E-state index in [2.05, 4.69) is 19.1 Å². The molecule has 1 nitrogen and oxygen atoms in total. The maximum absolute atomic E-state index is 13.5. The van der Waals surface area contributed by atoms with Crippen LogP contribution in [0.1, 0.15) is 11.1 Å². The monoisotopic (exact) mass is 229 g/mol. The Kier molecular flexibility index (Phi) is 3.55. The molecular weight excluding hydrogens is 213 g/mol. The lowest BCUT2D eigenvalue weighted by molar-refractivity contribution is 0.610. The molecule has 0 aliphatic rings. The summed E-state index contributed by atoms with van der Waals surface area (Å²) < 4.78 is 13.5. The molecule has 0 bridgehead atoms. The van der Waals surface area contributed by atoms with Gasteiger partial charge in [-0.1, -0.05) is 30.3 Å². The van der Waals surface area contributed by atoms with Gasteiger partial charge in [0, 0.05) is 0 Å². The van der Waals surface area contributed by atoms with Crippen LogP contribution in [-0.4, -0.2) is 6.54 Å². The first-order valence-corrected chi connectivity index (χ1v) is 5.77. The average Bonchev–Trinajstić information content (AvgIpc) is 2.33. The number of halogens is 1. The van der Waals surface area contributed by atoms with Gasteiger partial charge in [0.15, 0.2) is 0 Å². The molecule has 0 radical (unpaired) electrons. The second-order valence-electron chi connectivity index (χ2n) is 4.16. The first-order valence-electron chi connectivity index (χ1n) is 5.77. The highest BCUT2D eigenvalue weighted by Gasteiger charge is 2.06. The van der Waals surface area contributed by atoms with Crippen molar-refractivity contribution in [1.82, 2.24) is 0 Å². The molecule has 0 unspecified atom stereocenters. The van der Waals surface area contributed by atoms with Crippen LogP contribution in [0.2, 0.25) is 0 Å². The Labute approximate surface area is 101 Å². The van der Waals surface area contributed by atoms with Gasteiger partial charge in [0.2, 0.25) is 0 Å². The third kappa shape index (κ3) is 2.53. The van der Waals surface area contributed by atoms with Crippen LogP contribution in [0.4, 0.5) is 4.39 Å². The Morgan fingerprint density at radius 2 is 1.88 bits per heavy atom. The average molecular weight is 229 g/mol. The van der Waals surface area contributed by atoms with Crippen molar-refractivity contribution in [2.24, 2.45) is 5.73 Å². The van der Waals surface area contributed by atoms with Crippen LogP contribution in [0, 0.1) is 12.7 Å². The van der Waals surface area contributed by atoms with E-state index in [1.807, 2.05) is 24.3 Å². The topological polar surface area (TPSA) is 26.0 Å². The van der Waals surface area contributed by atoms with Gasteiger partial charge in [0.1, 0.15) is 5.82 Å². The molecule has 88 valence electrons. The summed E-state index contributed by atoms with van der Waals surface area (Å²) in [5.74, 6) is -0.173. The third-order valence-electron chi connectivity index (χ3n) is 2.92. The molecule has 0 fully saturated rings. The molecule has 0 heterocycles. The van der Waals surface area contributed by atoms with Gasteiger partial charge < -0.3 is 5.73 Å². The summed E-state index contributed by atoms with van der Waals surface area (Å²) in [6.45, 7) is 2.52. The highest BCUT2D eigenvalue weighted by Crippen LogP contribution is 2.25. The fraction of sp³-hybridized carbons (Fsp3) is 0.200. The van der Waals surface area contributed by atoms with E-state index >= 15 is 0 Å². The smallest absolute Gasteiger partial charge is 0.126 e. The van der Waals surface area contributed by atoms with Gasteiger partial charge >= 0.3 is 0 Å². The minimum absolute atomic E-state index is 0.173. The highest BCUT2D eigenvalue weighted by molar-refractivity contribution is 5.67. The summed E-state index contributed by atoms with van der Waals surface area (Å²) in [4.78, 5) is 0. The maximum Gasteiger partial charge on any atom is 0.126 e. The Bertz CT molecular complexity index is 520. The van der Waals surface area contributed by atoms with Crippen molar-refractivity contribution in [3.8, 4) is 11.1 Å². The molecule has 0 aliphatic heterocycles. The number of nitrogens with two attached hydrogens (primary N) is 1. The summed E-state index contributed by atoms with van der Waals surface area (Å²) in [7, 11) is 0. The molecule has 2 N–H and O–H groups in total. The Morgan fingerprint density at radius 1 is 1.12 bits per heavy atom. The standard InChI is InChI=1S/C15H16FN/c1-11-4-2-3-5-14(11)12-6-7-15(16)13(10-12)8-9-17/h2-7,10H,8-9,17H2,1H3. The zero-order valence-corrected chi connectivity index (χ0v) is 9.91. The van der Waals surface area contributed by atoms with Crippen LogP contribution in [0.3, 0.4) is 0 Å². The van der Waals surface area contributed by atoms with Crippen LogP contribution < -0.4 is 5.73 Å². The van der Waals surface area contributed by atoms with Crippen LogP contribution in [-0.2, 0) is 6.42 Å². The maximum atomic E-state index is 13.5. The van der Waals surface area contributed by atoms with Gasteiger partial charge in [0.25, 0.3) is 0 Å². The second kappa shape index (κ2) is 5.11. The fourth-order valence-corrected chi connectivity index (χ4v) is 1.99. The Balaban J connectivity index is 2.46. The molecule has 0 amide bonds. The SMILES string of the molecule is Cc1ccccc1-c1ccc(F)c(CCN)c1. The number of benzene rings is 2. The number of rotatable bonds is 3. The Hall–Kier alpha value is -1.67. The normalized spacial score (nSPS) is 10.5. The second-order valence-corrected chi connectivity index (χ2v) is 4.16. The van der Waals surface area contributed by atoms with E-state index < -0.39 is 0 Å². The van der Waals surface area contributed by atoms with Crippen molar-refractivity contribution >= 4 is 0 Å². The molecule has 0 saturated carbocycles. The molecule has 0 spiro atoms. The van der Waals surface area contributed by atoms with E-state index in [-0.39, 0.29) is 5.82 Å². The Morgan fingerprint density at radius 3 is 2.59 bits per heavy atom. The van der Waals surface area contributed by atoms with E-state index in [4.69, 9.17) is 5.73 Å². The molecule has 2 aromatic carbocycles. The van der Waals surface area contributed by atoms with E-state index in [0.717, 1.165) is 11.1 Å². The van der Waals surface area contributed by atoms with Crippen molar-refractivity contribution in [2.45, 2.75) is 13.3 Å². The highest BCUT2D eigenvalue weighted by atomic mass is 19.1. The van der Waals surface area contributed by atoms with Crippen LogP contribution in [0.5, 0.6) is 0 Å². The first kappa shape index (κ1) is 11.8. The predicted octanol–water partition coefficient (Wildman–Crippen LogP) is 3.30. The van der Waals surface area contributed by atoms with E-state index in [1.165, 1.54) is 11.6 Å². The molecule has 0 atom stereocenters. The van der Waals surface area contributed by atoms with E-state index in [1.54, 1.807) is 0 Å². The van der Waals surface area contributed by atoms with Crippen LogP contribution in [0.15, 0.2) is 42.5 Å². The van der Waals surface area contributed by atoms with Crippen molar-refractivity contribution in [3.05, 3.63) is 59.4 Å². The van der Waals surface area contributed by atoms with Gasteiger partial charge in [-0.3, -0.25) is 0 Å². The molecule has 2 aromatic rings. The third-order valence-corrected chi connectivity index (χ3v) is 2.92. The summed E-state index contributed by atoms with van der Waals surface area (Å²) in [6.07, 6.45) is 0.575. The molecule has 0 aliphatic carbocycles. The summed E-state index contributed by atoms with van der Waals surface area (Å²) in [5.41, 5.74) is 9.56. The molecule has 17 heavy (non-hydrogen) atoms. The molecule has 0 saturated heterocycles. The number of aryl methyl sites for hydroxylation is 1. The zero-order chi connectivity index (χ0) is 12.3. The molecule has 2 heteroatoms. The largest absolute Gasteiger partial charge is 0.330 e. The summed E-state index contributed by atoms with van der Waals surface area (Å²) in [6, 6.07) is 13.3. The van der Waals surface area contributed by atoms with Crippen molar-refractivity contribution in [1.29, 1.82) is 0 Å². The summed E-state index contributed by atoms with van der Waals surface area (Å²) in [5, 5.41) is 0. The van der Waals surface area contributed by atoms with Crippen molar-refractivity contribution in [2.75, 3.05) is 6.54 Å². The van der Waals surface area contributed by atoms with Gasteiger partial charge in [-0.2, -0.15) is 0 Å². The molecular formula is C15H16FN. The number of hydrogen-bond acceptors (Lipinski definition) is 1. The van der Waals surface area contributed by atoms with E-state index in [0.29, 0.717) is 18.5 Å². The zero-order valence-electron chi connectivity index (χ0n) is 9.91. The van der Waals surface area contributed by atoms with Crippen LogP contribution >= 0.6 is 0 Å². The van der Waals surface area contributed by atoms with Gasteiger partial charge in [-0.05, 0) is 54.3 Å². The minimum Gasteiger partial charge on any atom is -0.330 e. The summed E-state index contributed by atoms with van der Waals surface area (Å²) >= 11 is 0. The quantitative estimate of drug-likeness (QED) is 0.858. The molecule has 2 rings (SSSR count). The lowest BCUT2D eigenvalue weighted by atomic mass is 9.98. The predicted molar refractivity (Wildman–Crippen MR) is 69.3 cm³/mol. The van der Waals surface area contributed by atoms with Gasteiger partial charge in [0.05, 0.1) is 0 Å². The van der Waals surface area contributed by atoms with E-state index in [9.17, 15) is 4.39 Å².